The number of carbonyl (C=O) groups excluding carboxylic acids is 1. The lowest BCUT2D eigenvalue weighted by Crippen LogP contribution is -2.62. The van der Waals surface area contributed by atoms with Gasteiger partial charge < -0.3 is 35.0 Å². The molecular formula is C32H49FN4O7Si. The lowest BCUT2D eigenvalue weighted by molar-refractivity contribution is -0.102. The first-order valence-corrected chi connectivity index (χ1v) is 18.3. The molecule has 1 aliphatic heterocycles. The summed E-state index contributed by atoms with van der Waals surface area (Å²) in [6.45, 7) is 18.5. The predicted octanol–water partition coefficient (Wildman–Crippen LogP) is 5.44. The second-order valence-electron chi connectivity index (χ2n) is 14.5. The number of nitrogens with zero attached hydrogens (tertiary/aromatic N) is 1. The molecule has 1 aliphatic rings. The van der Waals surface area contributed by atoms with E-state index in [0.717, 1.165) is 0 Å². The van der Waals surface area contributed by atoms with Crippen molar-refractivity contribution in [2.75, 3.05) is 6.61 Å². The van der Waals surface area contributed by atoms with Crippen LogP contribution in [-0.4, -0.2) is 65.4 Å². The molecule has 4 atom stereocenters. The van der Waals surface area contributed by atoms with E-state index < -0.39 is 60.0 Å². The van der Waals surface area contributed by atoms with Crippen LogP contribution in [0, 0.1) is 11.2 Å². The third-order valence-corrected chi connectivity index (χ3v) is 13.6. The van der Waals surface area contributed by atoms with E-state index in [1.165, 1.54) is 24.3 Å². The van der Waals surface area contributed by atoms with E-state index in [1.807, 2.05) is 27.7 Å². The Morgan fingerprint density at radius 2 is 1.82 bits per heavy atom. The van der Waals surface area contributed by atoms with Crippen LogP contribution >= 0.6 is 0 Å². The molecule has 0 saturated carbocycles. The summed E-state index contributed by atoms with van der Waals surface area (Å²) in [5.41, 5.74) is -2.74. The van der Waals surface area contributed by atoms with Gasteiger partial charge in [0.05, 0.1) is 30.3 Å². The normalized spacial score (nSPS) is 20.7. The first kappa shape index (κ1) is 36.2. The average Bonchev–Trinajstić information content (AvgIpc) is 2.94. The van der Waals surface area contributed by atoms with Crippen LogP contribution in [0.3, 0.4) is 0 Å². The molecule has 2 aromatic rings. The van der Waals surface area contributed by atoms with Crippen LogP contribution in [0.25, 0.3) is 0 Å². The van der Waals surface area contributed by atoms with Gasteiger partial charge in [-0.3, -0.25) is 9.59 Å². The van der Waals surface area contributed by atoms with Gasteiger partial charge in [0.2, 0.25) is 5.75 Å². The van der Waals surface area contributed by atoms with Crippen LogP contribution in [0.2, 0.25) is 18.1 Å². The molecule has 0 spiro atoms. The second kappa shape index (κ2) is 13.6. The highest BCUT2D eigenvalue weighted by Crippen LogP contribution is 2.45. The summed E-state index contributed by atoms with van der Waals surface area (Å²) in [5.74, 6) is -2.08. The van der Waals surface area contributed by atoms with Crippen molar-refractivity contribution >= 4 is 20.3 Å². The number of hydrogen-bond acceptors (Lipinski definition) is 7. The maximum atomic E-state index is 13.3. The van der Waals surface area contributed by atoms with Gasteiger partial charge in [-0.15, -0.1) is 0 Å². The van der Waals surface area contributed by atoms with Gasteiger partial charge in [0.15, 0.2) is 14.0 Å². The molecule has 0 aliphatic carbocycles. The van der Waals surface area contributed by atoms with Crippen molar-refractivity contribution in [1.82, 2.24) is 20.6 Å². The highest BCUT2D eigenvalue weighted by atomic mass is 28.4. The van der Waals surface area contributed by atoms with Gasteiger partial charge in [0.1, 0.15) is 11.6 Å². The van der Waals surface area contributed by atoms with Gasteiger partial charge in [-0.05, 0) is 60.5 Å². The maximum absolute atomic E-state index is 13.3. The molecule has 1 aromatic carbocycles. The molecule has 250 valence electrons. The van der Waals surface area contributed by atoms with Crippen LogP contribution in [0.5, 0.6) is 5.75 Å². The number of hydrogen-bond donors (Lipinski definition) is 5. The van der Waals surface area contributed by atoms with Gasteiger partial charge in [-0.2, -0.15) is 0 Å². The highest BCUT2D eigenvalue weighted by Gasteiger charge is 2.53. The summed E-state index contributed by atoms with van der Waals surface area (Å²) in [5, 5.41) is 25.7. The van der Waals surface area contributed by atoms with Crippen molar-refractivity contribution in [3.63, 3.8) is 0 Å². The molecule has 11 nitrogen and oxygen atoms in total. The Labute approximate surface area is 265 Å². The minimum absolute atomic E-state index is 0.00385. The maximum Gasteiger partial charge on any atom is 0.404 e. The predicted molar refractivity (Wildman–Crippen MR) is 172 cm³/mol. The van der Waals surface area contributed by atoms with E-state index in [9.17, 15) is 29.0 Å². The second-order valence-corrected chi connectivity index (χ2v) is 19.3. The Balaban J connectivity index is 2.03. The summed E-state index contributed by atoms with van der Waals surface area (Å²) in [7, 11) is -2.14. The zero-order valence-electron chi connectivity index (χ0n) is 27.8. The molecule has 0 bridgehead atoms. The van der Waals surface area contributed by atoms with E-state index in [0.29, 0.717) is 24.8 Å². The average molecular weight is 649 g/mol. The van der Waals surface area contributed by atoms with Crippen LogP contribution < -0.4 is 16.2 Å². The first-order valence-electron chi connectivity index (χ1n) is 15.4. The zero-order valence-corrected chi connectivity index (χ0v) is 28.8. The van der Waals surface area contributed by atoms with Gasteiger partial charge in [-0.1, -0.05) is 60.6 Å². The molecule has 1 fully saturated rings. The third-order valence-electron chi connectivity index (χ3n) is 9.13. The molecule has 45 heavy (non-hydrogen) atoms. The van der Waals surface area contributed by atoms with Gasteiger partial charge in [0, 0.05) is 6.54 Å². The number of H-pyrrole nitrogens is 1. The number of halogens is 1. The van der Waals surface area contributed by atoms with Crippen LogP contribution in [0.1, 0.15) is 89.6 Å². The molecule has 13 heteroatoms. The van der Waals surface area contributed by atoms with E-state index in [-0.39, 0.29) is 36.2 Å². The fourth-order valence-electron chi connectivity index (χ4n) is 5.67. The fourth-order valence-corrected chi connectivity index (χ4v) is 7.10. The van der Waals surface area contributed by atoms with E-state index in [2.05, 4.69) is 54.5 Å². The molecule has 5 N–H and O–H groups in total. The van der Waals surface area contributed by atoms with Crippen molar-refractivity contribution in [3.8, 4) is 5.75 Å². The number of nitrogens with one attached hydrogen (secondary N) is 3. The van der Waals surface area contributed by atoms with Crippen molar-refractivity contribution in [3.05, 3.63) is 57.5 Å². The van der Waals surface area contributed by atoms with Gasteiger partial charge in [-0.25, -0.2) is 14.2 Å². The van der Waals surface area contributed by atoms with Gasteiger partial charge >= 0.3 is 6.09 Å². The number of benzene rings is 1. The smallest absolute Gasteiger partial charge is 0.404 e. The van der Waals surface area contributed by atoms with Crippen molar-refractivity contribution in [1.29, 1.82) is 0 Å². The molecule has 2 heterocycles. The lowest BCUT2D eigenvalue weighted by Gasteiger charge is -2.50. The van der Waals surface area contributed by atoms with Crippen LogP contribution in [0.4, 0.5) is 9.18 Å². The number of carboxylic acid groups (broad SMARTS) is 1. The Hall–Kier alpha value is -3.29. The van der Waals surface area contributed by atoms with Gasteiger partial charge in [0.25, 0.3) is 11.5 Å². The number of ether oxygens (including phenoxy) is 1. The Morgan fingerprint density at radius 1 is 1.20 bits per heavy atom. The monoisotopic (exact) mass is 648 g/mol. The minimum Gasteiger partial charge on any atom is -0.501 e. The van der Waals surface area contributed by atoms with Crippen molar-refractivity contribution in [2.45, 2.75) is 116 Å². The Kier molecular flexibility index (Phi) is 10.9. The zero-order chi connectivity index (χ0) is 34.0. The standard InChI is InChI=1S/C32H49FN4O7Si/c1-10-21(44-45(8,9)31(5,6)7)22-15-16-32(18-43-22,27(30(2,3)4)37-29(41)42)28-35-23(24(38)26(40)36-28)25(39)34-17-19-11-13-20(33)14-12-19/h11-14,21-22,27,37-38H,10,15-18H2,1-9H3,(H,34,39)(H,41,42)(H,35,36,40). The molecule has 1 saturated heterocycles. The summed E-state index contributed by atoms with van der Waals surface area (Å²) < 4.78 is 26.6. The minimum atomic E-state index is -2.14. The molecular weight excluding hydrogens is 599 g/mol. The molecule has 2 amide bonds. The van der Waals surface area contributed by atoms with E-state index in [1.54, 1.807) is 0 Å². The Bertz CT molecular complexity index is 1410. The first-order chi connectivity index (χ1) is 20.7. The number of amides is 2. The van der Waals surface area contributed by atoms with E-state index >= 15 is 0 Å². The van der Waals surface area contributed by atoms with Crippen molar-refractivity contribution in [2.24, 2.45) is 5.41 Å². The highest BCUT2D eigenvalue weighted by molar-refractivity contribution is 6.74. The number of aromatic nitrogens is 2. The summed E-state index contributed by atoms with van der Waals surface area (Å²) >= 11 is 0. The SMILES string of the molecule is CCC(O[Si](C)(C)C(C)(C)C)C1CCC(c2nc(C(=O)NCc3ccc(F)cc3)c(O)c(=O)[nH]2)(C(NC(=O)O)C(C)(C)C)CO1. The third kappa shape index (κ3) is 8.30. The number of carbonyl (C=O) groups is 2. The molecule has 4 unspecified atom stereocenters. The van der Waals surface area contributed by atoms with Crippen LogP contribution in [-0.2, 0) is 21.1 Å². The topological polar surface area (TPSA) is 163 Å². The Morgan fingerprint density at radius 3 is 2.31 bits per heavy atom. The molecule has 0 radical (unpaired) electrons. The number of rotatable bonds is 10. The van der Waals surface area contributed by atoms with E-state index in [4.69, 9.17) is 9.16 Å². The largest absolute Gasteiger partial charge is 0.501 e. The fraction of sp³-hybridized carbons (Fsp3) is 0.625. The quantitative estimate of drug-likeness (QED) is 0.213. The van der Waals surface area contributed by atoms with Crippen LogP contribution in [0.15, 0.2) is 29.1 Å². The summed E-state index contributed by atoms with van der Waals surface area (Å²) in [6.07, 6.45) is -0.205. The number of aromatic hydroxyl groups is 1. The van der Waals surface area contributed by atoms with Crippen molar-refractivity contribution < 1.29 is 33.4 Å². The summed E-state index contributed by atoms with van der Waals surface area (Å²) in [4.78, 5) is 45.5. The lowest BCUT2D eigenvalue weighted by atomic mass is 9.65. The summed E-state index contributed by atoms with van der Waals surface area (Å²) in [6, 6.07) is 4.70. The molecule has 1 aromatic heterocycles. The molecule has 3 rings (SSSR count). The number of aromatic amines is 1.